The molecular formula is C17H33IN8O2. The van der Waals surface area contributed by atoms with Gasteiger partial charge in [-0.05, 0) is 13.8 Å². The molecule has 160 valence electrons. The summed E-state index contributed by atoms with van der Waals surface area (Å²) in [7, 11) is 3.57. The summed E-state index contributed by atoms with van der Waals surface area (Å²) in [5.41, 5.74) is 0. The maximum Gasteiger partial charge on any atom is 0.234 e. The van der Waals surface area contributed by atoms with Gasteiger partial charge in [0.15, 0.2) is 11.8 Å². The molecule has 0 bridgehead atoms. The lowest BCUT2D eigenvalue weighted by atomic mass is 10.3. The Balaban J connectivity index is 0.00000392. The van der Waals surface area contributed by atoms with Crippen LogP contribution in [0.2, 0.25) is 0 Å². The summed E-state index contributed by atoms with van der Waals surface area (Å²) >= 11 is 0. The molecule has 1 fully saturated rings. The Bertz CT molecular complexity index is 629. The second kappa shape index (κ2) is 12.9. The summed E-state index contributed by atoms with van der Waals surface area (Å²) in [6.07, 6.45) is 0. The number of piperazine rings is 1. The topological polar surface area (TPSA) is 99.9 Å². The molecule has 11 heteroatoms. The van der Waals surface area contributed by atoms with Crippen molar-refractivity contribution >= 4 is 35.8 Å². The van der Waals surface area contributed by atoms with Crippen LogP contribution in [0.4, 0.5) is 0 Å². The second-order valence-electron chi connectivity index (χ2n) is 6.50. The van der Waals surface area contributed by atoms with E-state index in [-0.39, 0.29) is 29.9 Å². The number of hydrogen-bond donors (Lipinski definition) is 2. The Morgan fingerprint density at radius 2 is 1.93 bits per heavy atom. The highest BCUT2D eigenvalue weighted by Crippen LogP contribution is 2.04. The summed E-state index contributed by atoms with van der Waals surface area (Å²) in [5.74, 6) is 2.64. The second-order valence-corrected chi connectivity index (χ2v) is 6.50. The first-order chi connectivity index (χ1) is 13.0. The summed E-state index contributed by atoms with van der Waals surface area (Å²) in [6.45, 7) is 10.1. The van der Waals surface area contributed by atoms with Crippen LogP contribution in [0, 0.1) is 6.92 Å². The maximum absolute atomic E-state index is 11.9. The van der Waals surface area contributed by atoms with Crippen LogP contribution in [0.3, 0.4) is 0 Å². The van der Waals surface area contributed by atoms with Crippen molar-refractivity contribution in [1.29, 1.82) is 0 Å². The number of aliphatic imine (C=N–C) groups is 1. The SMILES string of the molecule is CCNC(=NCc1nnc(C)n1C)N1CCN(CC(=O)NCCOC)CC1.I. The molecule has 1 aromatic rings. The van der Waals surface area contributed by atoms with Gasteiger partial charge in [-0.25, -0.2) is 4.99 Å². The van der Waals surface area contributed by atoms with Gasteiger partial charge in [0.25, 0.3) is 0 Å². The van der Waals surface area contributed by atoms with Gasteiger partial charge in [-0.2, -0.15) is 0 Å². The van der Waals surface area contributed by atoms with E-state index >= 15 is 0 Å². The van der Waals surface area contributed by atoms with Gasteiger partial charge in [-0.1, -0.05) is 0 Å². The van der Waals surface area contributed by atoms with E-state index in [0.29, 0.717) is 26.2 Å². The first-order valence-electron chi connectivity index (χ1n) is 9.41. The molecule has 10 nitrogen and oxygen atoms in total. The van der Waals surface area contributed by atoms with Crippen LogP contribution in [-0.4, -0.2) is 96.0 Å². The number of aryl methyl sites for hydroxylation is 1. The molecule has 1 aliphatic rings. The van der Waals surface area contributed by atoms with Crippen molar-refractivity contribution in [2.24, 2.45) is 12.0 Å². The highest BCUT2D eigenvalue weighted by atomic mass is 127. The molecular weight excluding hydrogens is 475 g/mol. The van der Waals surface area contributed by atoms with Crippen molar-refractivity contribution in [2.45, 2.75) is 20.4 Å². The van der Waals surface area contributed by atoms with Gasteiger partial charge in [-0.15, -0.1) is 34.2 Å². The van der Waals surface area contributed by atoms with Crippen LogP contribution >= 0.6 is 24.0 Å². The Kier molecular flexibility index (Phi) is 11.3. The lowest BCUT2D eigenvalue weighted by Gasteiger charge is -2.36. The average Bonchev–Trinajstić information content (AvgIpc) is 2.98. The number of guanidine groups is 1. The molecule has 0 aliphatic carbocycles. The van der Waals surface area contributed by atoms with Crippen molar-refractivity contribution in [1.82, 2.24) is 35.2 Å². The fourth-order valence-electron chi connectivity index (χ4n) is 2.83. The Morgan fingerprint density at radius 1 is 1.21 bits per heavy atom. The third kappa shape index (κ3) is 7.51. The first kappa shape index (κ1) is 24.6. The fraction of sp³-hybridized carbons (Fsp3) is 0.765. The number of methoxy groups -OCH3 is 1. The van der Waals surface area contributed by atoms with Crippen LogP contribution < -0.4 is 10.6 Å². The summed E-state index contributed by atoms with van der Waals surface area (Å²) in [4.78, 5) is 21.0. The normalized spacial score (nSPS) is 15.3. The molecule has 0 atom stereocenters. The Morgan fingerprint density at radius 3 is 2.50 bits per heavy atom. The van der Waals surface area contributed by atoms with Gasteiger partial charge in [0.05, 0.1) is 13.2 Å². The van der Waals surface area contributed by atoms with E-state index in [2.05, 4.69) is 37.6 Å². The number of nitrogens with one attached hydrogen (secondary N) is 2. The van der Waals surface area contributed by atoms with Crippen molar-refractivity contribution in [3.63, 3.8) is 0 Å². The van der Waals surface area contributed by atoms with Crippen LogP contribution in [0.25, 0.3) is 0 Å². The molecule has 2 heterocycles. The van der Waals surface area contributed by atoms with E-state index in [9.17, 15) is 4.79 Å². The highest BCUT2D eigenvalue weighted by Gasteiger charge is 2.21. The molecule has 0 saturated carbocycles. The third-order valence-corrected chi connectivity index (χ3v) is 4.56. The third-order valence-electron chi connectivity index (χ3n) is 4.56. The average molecular weight is 508 g/mol. The van der Waals surface area contributed by atoms with E-state index in [4.69, 9.17) is 9.73 Å². The molecule has 1 saturated heterocycles. The maximum atomic E-state index is 11.9. The molecule has 2 N–H and O–H groups in total. The zero-order chi connectivity index (χ0) is 19.6. The molecule has 0 unspecified atom stereocenters. The van der Waals surface area contributed by atoms with Crippen molar-refractivity contribution in [3.8, 4) is 0 Å². The smallest absolute Gasteiger partial charge is 0.234 e. The Labute approximate surface area is 184 Å². The standard InChI is InChI=1S/C17H32N8O2.HI/c1-5-18-17(20-12-15-22-21-14(2)23(15)3)25-9-7-24(8-10-25)13-16(26)19-6-11-27-4;/h5-13H2,1-4H3,(H,18,20)(H,19,26);1H. The number of ether oxygens (including phenoxy) is 1. The van der Waals surface area contributed by atoms with Gasteiger partial charge in [0.2, 0.25) is 5.91 Å². The van der Waals surface area contributed by atoms with Crippen LogP contribution in [0.15, 0.2) is 4.99 Å². The number of carbonyl (C=O) groups excluding carboxylic acids is 1. The van der Waals surface area contributed by atoms with Crippen molar-refractivity contribution in [2.75, 3.05) is 59.5 Å². The lowest BCUT2D eigenvalue weighted by molar-refractivity contribution is -0.122. The molecule has 1 aromatic heterocycles. The predicted octanol–water partition coefficient (Wildman–Crippen LogP) is -0.413. The molecule has 0 radical (unpaired) electrons. The fourth-order valence-corrected chi connectivity index (χ4v) is 2.83. The lowest BCUT2D eigenvalue weighted by Crippen LogP contribution is -2.54. The largest absolute Gasteiger partial charge is 0.383 e. The van der Waals surface area contributed by atoms with Gasteiger partial charge >= 0.3 is 0 Å². The van der Waals surface area contributed by atoms with Crippen LogP contribution in [0.1, 0.15) is 18.6 Å². The van der Waals surface area contributed by atoms with E-state index in [1.807, 2.05) is 18.5 Å². The van der Waals surface area contributed by atoms with Gasteiger partial charge < -0.3 is 24.8 Å². The Hall–Kier alpha value is -1.47. The number of hydrogen-bond acceptors (Lipinski definition) is 6. The number of nitrogens with zero attached hydrogens (tertiary/aromatic N) is 6. The summed E-state index contributed by atoms with van der Waals surface area (Å²) in [5, 5.41) is 14.4. The van der Waals surface area contributed by atoms with E-state index in [1.54, 1.807) is 7.11 Å². The quantitative estimate of drug-likeness (QED) is 0.213. The van der Waals surface area contributed by atoms with E-state index in [0.717, 1.165) is 50.3 Å². The van der Waals surface area contributed by atoms with Crippen molar-refractivity contribution < 1.29 is 9.53 Å². The number of rotatable bonds is 8. The minimum atomic E-state index is 0. The van der Waals surface area contributed by atoms with Crippen LogP contribution in [0.5, 0.6) is 0 Å². The molecule has 2 rings (SSSR count). The highest BCUT2D eigenvalue weighted by molar-refractivity contribution is 14.0. The molecule has 28 heavy (non-hydrogen) atoms. The zero-order valence-corrected chi connectivity index (χ0v) is 19.6. The molecule has 0 spiro atoms. The molecule has 1 aliphatic heterocycles. The zero-order valence-electron chi connectivity index (χ0n) is 17.3. The van der Waals surface area contributed by atoms with Gasteiger partial charge in [0.1, 0.15) is 12.4 Å². The summed E-state index contributed by atoms with van der Waals surface area (Å²) in [6, 6.07) is 0. The monoisotopic (exact) mass is 508 g/mol. The first-order valence-corrected chi connectivity index (χ1v) is 9.41. The minimum Gasteiger partial charge on any atom is -0.383 e. The van der Waals surface area contributed by atoms with Crippen LogP contribution in [-0.2, 0) is 23.1 Å². The summed E-state index contributed by atoms with van der Waals surface area (Å²) < 4.78 is 6.90. The minimum absolute atomic E-state index is 0. The number of carbonyl (C=O) groups is 1. The van der Waals surface area contributed by atoms with Crippen molar-refractivity contribution in [3.05, 3.63) is 11.6 Å². The molecule has 0 aromatic carbocycles. The van der Waals surface area contributed by atoms with E-state index < -0.39 is 0 Å². The number of amides is 1. The predicted molar refractivity (Wildman–Crippen MR) is 119 cm³/mol. The van der Waals surface area contributed by atoms with E-state index in [1.165, 1.54) is 0 Å². The van der Waals surface area contributed by atoms with Gasteiger partial charge in [0, 0.05) is 53.4 Å². The number of aromatic nitrogens is 3. The number of halogens is 1. The van der Waals surface area contributed by atoms with Gasteiger partial charge in [-0.3, -0.25) is 9.69 Å². The molecule has 1 amide bonds.